The number of methoxy groups -OCH3 is 1. The quantitative estimate of drug-likeness (QED) is 0.466. The van der Waals surface area contributed by atoms with Crippen molar-refractivity contribution in [2.45, 2.75) is 33.6 Å². The lowest BCUT2D eigenvalue weighted by Crippen LogP contribution is -2.54. The number of carbonyl (C=O) groups is 2. The molecule has 0 atom stereocenters. The van der Waals surface area contributed by atoms with E-state index in [9.17, 15) is 9.59 Å². The summed E-state index contributed by atoms with van der Waals surface area (Å²) in [5.74, 6) is 0.0944. The molecule has 0 bridgehead atoms. The van der Waals surface area contributed by atoms with Gasteiger partial charge in [-0.3, -0.25) is 19.8 Å². The molecule has 1 aliphatic heterocycles. The number of ether oxygens (including phenoxy) is 1. The van der Waals surface area contributed by atoms with Crippen LogP contribution in [-0.2, 0) is 9.59 Å². The van der Waals surface area contributed by atoms with E-state index in [1.165, 1.54) is 4.90 Å². The SMILES string of the molecule is COc1cc(C)c(/C=C2\C(=O)NC(=S)N(c3ccccc3C)C2=O)cc1C(C)C. The second-order valence-electron chi connectivity index (χ2n) is 7.35. The lowest BCUT2D eigenvalue weighted by Gasteiger charge is -2.30. The number of anilines is 1. The Labute approximate surface area is 176 Å². The summed E-state index contributed by atoms with van der Waals surface area (Å²) in [7, 11) is 1.64. The molecule has 6 heteroatoms. The summed E-state index contributed by atoms with van der Waals surface area (Å²) in [5.41, 5.74) is 4.31. The van der Waals surface area contributed by atoms with Crippen LogP contribution in [0.1, 0.15) is 42.0 Å². The molecule has 0 aromatic heterocycles. The molecule has 0 aliphatic carbocycles. The third-order valence-corrected chi connectivity index (χ3v) is 5.28. The normalized spacial score (nSPS) is 15.9. The Bertz CT molecular complexity index is 1040. The molecular formula is C23H24N2O3S. The Morgan fingerprint density at radius 2 is 1.79 bits per heavy atom. The fourth-order valence-electron chi connectivity index (χ4n) is 3.35. The molecule has 0 unspecified atom stereocenters. The van der Waals surface area contributed by atoms with Crippen LogP contribution >= 0.6 is 12.2 Å². The van der Waals surface area contributed by atoms with Crippen molar-refractivity contribution < 1.29 is 14.3 Å². The van der Waals surface area contributed by atoms with E-state index >= 15 is 0 Å². The van der Waals surface area contributed by atoms with E-state index in [-0.39, 0.29) is 16.6 Å². The number of hydrogen-bond donors (Lipinski definition) is 1. The van der Waals surface area contributed by atoms with E-state index in [1.807, 2.05) is 50.2 Å². The molecule has 0 saturated carbocycles. The van der Waals surface area contributed by atoms with Crippen LogP contribution in [0.15, 0.2) is 42.0 Å². The van der Waals surface area contributed by atoms with Gasteiger partial charge < -0.3 is 4.74 Å². The Kier molecular flexibility index (Phi) is 5.84. The molecule has 1 fully saturated rings. The van der Waals surface area contributed by atoms with Crippen molar-refractivity contribution in [2.24, 2.45) is 0 Å². The summed E-state index contributed by atoms with van der Waals surface area (Å²) >= 11 is 5.28. The number of nitrogens with zero attached hydrogens (tertiary/aromatic N) is 1. The highest BCUT2D eigenvalue weighted by Crippen LogP contribution is 2.31. The maximum atomic E-state index is 13.2. The zero-order valence-electron chi connectivity index (χ0n) is 17.2. The van der Waals surface area contributed by atoms with E-state index in [0.29, 0.717) is 5.69 Å². The summed E-state index contributed by atoms with van der Waals surface area (Å²) in [6.45, 7) is 7.96. The van der Waals surface area contributed by atoms with Crippen molar-refractivity contribution in [3.63, 3.8) is 0 Å². The third kappa shape index (κ3) is 3.93. The molecular weight excluding hydrogens is 384 g/mol. The Morgan fingerprint density at radius 1 is 1.10 bits per heavy atom. The third-order valence-electron chi connectivity index (χ3n) is 5.00. The summed E-state index contributed by atoms with van der Waals surface area (Å²) in [4.78, 5) is 27.2. The molecule has 5 nitrogen and oxygen atoms in total. The molecule has 2 aromatic rings. The average molecular weight is 409 g/mol. The second kappa shape index (κ2) is 8.17. The van der Waals surface area contributed by atoms with Crippen LogP contribution in [-0.4, -0.2) is 24.0 Å². The minimum absolute atomic E-state index is 0.0461. The predicted octanol–water partition coefficient (Wildman–Crippen LogP) is 4.27. The maximum absolute atomic E-state index is 13.2. The van der Waals surface area contributed by atoms with Crippen LogP contribution in [0, 0.1) is 13.8 Å². The molecule has 1 saturated heterocycles. The van der Waals surface area contributed by atoms with Gasteiger partial charge in [0.05, 0.1) is 12.8 Å². The van der Waals surface area contributed by atoms with Crippen LogP contribution in [0.2, 0.25) is 0 Å². The summed E-state index contributed by atoms with van der Waals surface area (Å²) in [6, 6.07) is 11.3. The van der Waals surface area contributed by atoms with E-state index in [4.69, 9.17) is 17.0 Å². The molecule has 1 heterocycles. The second-order valence-corrected chi connectivity index (χ2v) is 7.74. The lowest BCUT2D eigenvalue weighted by atomic mass is 9.95. The van der Waals surface area contributed by atoms with Gasteiger partial charge >= 0.3 is 0 Å². The van der Waals surface area contributed by atoms with Crippen LogP contribution < -0.4 is 15.0 Å². The summed E-state index contributed by atoms with van der Waals surface area (Å²) in [6.07, 6.45) is 1.63. The molecule has 2 aromatic carbocycles. The fraction of sp³-hybridized carbons (Fsp3) is 0.261. The van der Waals surface area contributed by atoms with Gasteiger partial charge in [0.15, 0.2) is 5.11 Å². The van der Waals surface area contributed by atoms with Gasteiger partial charge in [0.2, 0.25) is 0 Å². The van der Waals surface area contributed by atoms with Gasteiger partial charge in [-0.25, -0.2) is 0 Å². The number of rotatable bonds is 4. The van der Waals surface area contributed by atoms with E-state index in [0.717, 1.165) is 28.0 Å². The zero-order chi connectivity index (χ0) is 21.3. The predicted molar refractivity (Wildman–Crippen MR) is 119 cm³/mol. The molecule has 3 rings (SSSR count). The van der Waals surface area contributed by atoms with E-state index in [2.05, 4.69) is 19.2 Å². The summed E-state index contributed by atoms with van der Waals surface area (Å²) < 4.78 is 5.48. The number of thiocarbonyl (C=S) groups is 1. The first kappa shape index (κ1) is 20.7. The Balaban J connectivity index is 2.10. The first-order chi connectivity index (χ1) is 13.7. The van der Waals surface area contributed by atoms with E-state index in [1.54, 1.807) is 13.2 Å². The minimum atomic E-state index is -0.494. The van der Waals surface area contributed by atoms with Gasteiger partial charge in [0, 0.05) is 0 Å². The molecule has 0 radical (unpaired) electrons. The highest BCUT2D eigenvalue weighted by molar-refractivity contribution is 7.80. The number of benzene rings is 2. The highest BCUT2D eigenvalue weighted by atomic mass is 32.1. The molecule has 2 amide bonds. The standard InChI is InChI=1S/C23H24N2O3S/c1-13(2)17-11-16(15(4)10-20(17)28-5)12-18-21(26)24-23(29)25(22(18)27)19-9-7-6-8-14(19)3/h6-13H,1-5H3,(H,24,26,29)/b18-12+. The maximum Gasteiger partial charge on any atom is 0.270 e. The smallest absolute Gasteiger partial charge is 0.270 e. The van der Waals surface area contributed by atoms with Gasteiger partial charge in [-0.15, -0.1) is 0 Å². The number of amides is 2. The number of nitrogens with one attached hydrogen (secondary N) is 1. The Hall–Kier alpha value is -2.99. The Morgan fingerprint density at radius 3 is 2.41 bits per heavy atom. The minimum Gasteiger partial charge on any atom is -0.496 e. The van der Waals surface area contributed by atoms with Gasteiger partial charge in [0.1, 0.15) is 11.3 Å². The zero-order valence-corrected chi connectivity index (χ0v) is 18.0. The number of hydrogen-bond acceptors (Lipinski definition) is 4. The van der Waals surface area contributed by atoms with Crippen molar-refractivity contribution >= 4 is 40.9 Å². The van der Waals surface area contributed by atoms with Gasteiger partial charge in [-0.05, 0) is 78.5 Å². The monoisotopic (exact) mass is 408 g/mol. The van der Waals surface area contributed by atoms with Crippen molar-refractivity contribution in [3.8, 4) is 5.75 Å². The molecule has 0 spiro atoms. The van der Waals surface area contributed by atoms with Crippen molar-refractivity contribution in [1.82, 2.24) is 5.32 Å². The van der Waals surface area contributed by atoms with Gasteiger partial charge in [0.25, 0.3) is 11.8 Å². The van der Waals surface area contributed by atoms with Crippen molar-refractivity contribution in [2.75, 3.05) is 12.0 Å². The number of para-hydroxylation sites is 1. The number of carbonyl (C=O) groups excluding carboxylic acids is 2. The summed E-state index contributed by atoms with van der Waals surface area (Å²) in [5, 5.41) is 2.72. The molecule has 150 valence electrons. The first-order valence-electron chi connectivity index (χ1n) is 9.40. The van der Waals surface area contributed by atoms with Crippen LogP contribution in [0.3, 0.4) is 0 Å². The van der Waals surface area contributed by atoms with Gasteiger partial charge in [-0.2, -0.15) is 0 Å². The van der Waals surface area contributed by atoms with Crippen LogP contribution in [0.5, 0.6) is 5.75 Å². The average Bonchev–Trinajstić information content (AvgIpc) is 2.66. The first-order valence-corrected chi connectivity index (χ1v) is 9.81. The van der Waals surface area contributed by atoms with Gasteiger partial charge in [-0.1, -0.05) is 32.0 Å². The molecule has 1 aliphatic rings. The van der Waals surface area contributed by atoms with Crippen LogP contribution in [0.25, 0.3) is 6.08 Å². The number of aryl methyl sites for hydroxylation is 2. The molecule has 1 N–H and O–H groups in total. The molecule has 29 heavy (non-hydrogen) atoms. The van der Waals surface area contributed by atoms with E-state index < -0.39 is 11.8 Å². The van der Waals surface area contributed by atoms with Crippen molar-refractivity contribution in [1.29, 1.82) is 0 Å². The van der Waals surface area contributed by atoms with Crippen molar-refractivity contribution in [3.05, 3.63) is 64.2 Å². The highest BCUT2D eigenvalue weighted by Gasteiger charge is 2.35. The lowest BCUT2D eigenvalue weighted by molar-refractivity contribution is -0.122. The largest absolute Gasteiger partial charge is 0.496 e. The van der Waals surface area contributed by atoms with Crippen LogP contribution in [0.4, 0.5) is 5.69 Å². The topological polar surface area (TPSA) is 58.6 Å². The fourth-order valence-corrected chi connectivity index (χ4v) is 3.62.